The molecule has 0 N–H and O–H groups in total. The fraction of sp³-hybridized carbons (Fsp3) is 0.0833. The first-order chi connectivity index (χ1) is 15.3. The van der Waals surface area contributed by atoms with Crippen molar-refractivity contribution >= 4 is 23.4 Å². The monoisotopic (exact) mass is 440 g/mol. The molecule has 162 valence electrons. The average molecular weight is 440 g/mol. The number of hydrogen-bond donors (Lipinski definition) is 0. The second-order valence-electron chi connectivity index (χ2n) is 6.91. The molecule has 0 aromatic heterocycles. The lowest BCUT2D eigenvalue weighted by Crippen LogP contribution is -2.25. The van der Waals surface area contributed by atoms with Gasteiger partial charge in [0.1, 0.15) is 18.2 Å². The van der Waals surface area contributed by atoms with Gasteiger partial charge in [0, 0.05) is 5.56 Å². The summed E-state index contributed by atoms with van der Waals surface area (Å²) < 4.78 is 59.8. The summed E-state index contributed by atoms with van der Waals surface area (Å²) >= 11 is 0. The molecule has 0 saturated heterocycles. The summed E-state index contributed by atoms with van der Waals surface area (Å²) in [5.74, 6) is -0.859. The Hall–Kier alpha value is -3.94. The number of alkyl halides is 3. The molecule has 0 bridgehead atoms. The Morgan fingerprint density at radius 3 is 2.22 bits per heavy atom. The highest BCUT2D eigenvalue weighted by Crippen LogP contribution is 2.32. The number of carbonyl (C=O) groups is 1. The van der Waals surface area contributed by atoms with Crippen molar-refractivity contribution in [1.82, 2.24) is 0 Å². The van der Waals surface area contributed by atoms with E-state index >= 15 is 0 Å². The van der Waals surface area contributed by atoms with Gasteiger partial charge in [-0.15, -0.1) is 0 Å². The van der Waals surface area contributed by atoms with Crippen LogP contribution in [-0.2, 0) is 11.4 Å². The maximum absolute atomic E-state index is 13.7. The Morgan fingerprint density at radius 1 is 0.906 bits per heavy atom. The van der Waals surface area contributed by atoms with Crippen LogP contribution >= 0.6 is 0 Å². The molecule has 0 radical (unpaired) electrons. The van der Waals surface area contributed by atoms with Crippen LogP contribution in [0.1, 0.15) is 11.1 Å². The Balaban J connectivity index is 1.56. The van der Waals surface area contributed by atoms with Crippen LogP contribution in [0.25, 0.3) is 6.08 Å². The van der Waals surface area contributed by atoms with E-state index in [9.17, 15) is 22.4 Å². The van der Waals surface area contributed by atoms with Crippen molar-refractivity contribution < 1.29 is 27.1 Å². The van der Waals surface area contributed by atoms with E-state index in [0.29, 0.717) is 16.9 Å². The summed E-state index contributed by atoms with van der Waals surface area (Å²) in [6.45, 7) is 0.00249. The second-order valence-corrected chi connectivity index (χ2v) is 6.91. The largest absolute Gasteiger partial charge is 0.489 e. The molecule has 0 atom stereocenters. The standard InChI is InChI=1S/C24H16F4N2O2/c25-21-9-5-4-6-17(21)15-32-19-12-10-16(11-13-19)14-20-22(24(26,27)28)29-30(23(20)31)18-7-2-1-3-8-18/h1-14H,15H2/b20-14-. The zero-order valence-corrected chi connectivity index (χ0v) is 16.5. The van der Waals surface area contributed by atoms with Gasteiger partial charge in [0.2, 0.25) is 0 Å². The van der Waals surface area contributed by atoms with Crippen molar-refractivity contribution in [3.8, 4) is 5.75 Å². The lowest BCUT2D eigenvalue weighted by Gasteiger charge is -2.11. The van der Waals surface area contributed by atoms with Crippen molar-refractivity contribution in [1.29, 1.82) is 0 Å². The first kappa shape index (κ1) is 21.3. The first-order valence-corrected chi connectivity index (χ1v) is 9.56. The van der Waals surface area contributed by atoms with Crippen LogP contribution in [0.4, 0.5) is 23.2 Å². The van der Waals surface area contributed by atoms with E-state index in [2.05, 4.69) is 5.10 Å². The third-order valence-corrected chi connectivity index (χ3v) is 4.69. The topological polar surface area (TPSA) is 41.9 Å². The average Bonchev–Trinajstić information content (AvgIpc) is 3.11. The van der Waals surface area contributed by atoms with Gasteiger partial charge in [0.15, 0.2) is 5.71 Å². The molecule has 1 aliphatic heterocycles. The third kappa shape index (κ3) is 4.54. The fourth-order valence-electron chi connectivity index (χ4n) is 3.10. The van der Waals surface area contributed by atoms with Crippen LogP contribution in [0.5, 0.6) is 5.75 Å². The molecule has 3 aromatic rings. The number of para-hydroxylation sites is 1. The van der Waals surface area contributed by atoms with Crippen LogP contribution in [0.2, 0.25) is 0 Å². The molecule has 1 heterocycles. The van der Waals surface area contributed by atoms with Crippen molar-refractivity contribution in [3.05, 3.63) is 101 Å². The summed E-state index contributed by atoms with van der Waals surface area (Å²) in [5.41, 5.74) is -0.840. The van der Waals surface area contributed by atoms with Gasteiger partial charge in [0.25, 0.3) is 5.91 Å². The highest BCUT2D eigenvalue weighted by Gasteiger charge is 2.46. The number of carbonyl (C=O) groups excluding carboxylic acids is 1. The van der Waals surface area contributed by atoms with Crippen LogP contribution in [0.15, 0.2) is 89.5 Å². The van der Waals surface area contributed by atoms with Crippen molar-refractivity contribution in [2.45, 2.75) is 12.8 Å². The number of ether oxygens (including phenoxy) is 1. The van der Waals surface area contributed by atoms with Gasteiger partial charge < -0.3 is 4.74 Å². The summed E-state index contributed by atoms with van der Waals surface area (Å²) in [6, 6.07) is 20.2. The van der Waals surface area contributed by atoms with Gasteiger partial charge in [-0.3, -0.25) is 4.79 Å². The minimum Gasteiger partial charge on any atom is -0.489 e. The number of nitrogens with zero attached hydrogens (tertiary/aromatic N) is 2. The molecule has 4 nitrogen and oxygen atoms in total. The minimum atomic E-state index is -4.80. The second kappa shape index (κ2) is 8.66. The molecule has 0 unspecified atom stereocenters. The molecule has 4 rings (SSSR count). The summed E-state index contributed by atoms with van der Waals surface area (Å²) in [7, 11) is 0. The number of hydrogen-bond acceptors (Lipinski definition) is 3. The van der Waals surface area contributed by atoms with Gasteiger partial charge in [-0.2, -0.15) is 23.3 Å². The molecule has 0 saturated carbocycles. The van der Waals surface area contributed by atoms with Crippen LogP contribution < -0.4 is 9.75 Å². The number of hydrazone groups is 1. The number of rotatable bonds is 5. The van der Waals surface area contributed by atoms with Crippen LogP contribution in [0, 0.1) is 5.82 Å². The molecular formula is C24H16F4N2O2. The molecule has 3 aromatic carbocycles. The van der Waals surface area contributed by atoms with Crippen LogP contribution in [-0.4, -0.2) is 17.8 Å². The Labute approximate surface area is 181 Å². The normalized spacial score (nSPS) is 15.2. The highest BCUT2D eigenvalue weighted by atomic mass is 19.4. The van der Waals surface area contributed by atoms with Crippen molar-refractivity contribution in [2.75, 3.05) is 5.01 Å². The molecule has 0 spiro atoms. The first-order valence-electron chi connectivity index (χ1n) is 9.56. The van der Waals surface area contributed by atoms with Crippen molar-refractivity contribution in [3.63, 3.8) is 0 Å². The number of amides is 1. The third-order valence-electron chi connectivity index (χ3n) is 4.69. The SMILES string of the molecule is O=C1/C(=C\c2ccc(OCc3ccccc3F)cc2)C(C(F)(F)F)=NN1c1ccccc1. The molecule has 1 amide bonds. The van der Waals surface area contributed by atoms with E-state index in [4.69, 9.17) is 4.74 Å². The summed E-state index contributed by atoms with van der Waals surface area (Å²) in [4.78, 5) is 12.7. The summed E-state index contributed by atoms with van der Waals surface area (Å²) in [5, 5.41) is 4.26. The number of anilines is 1. The predicted octanol–water partition coefficient (Wildman–Crippen LogP) is 5.75. The molecule has 1 aliphatic rings. The predicted molar refractivity (Wildman–Crippen MR) is 113 cm³/mol. The van der Waals surface area contributed by atoms with E-state index in [1.54, 1.807) is 36.4 Å². The maximum Gasteiger partial charge on any atom is 0.435 e. The maximum atomic E-state index is 13.7. The number of halogens is 4. The van der Waals surface area contributed by atoms with E-state index in [1.807, 2.05) is 0 Å². The van der Waals surface area contributed by atoms with Gasteiger partial charge in [0.05, 0.1) is 11.3 Å². The van der Waals surface area contributed by atoms with Gasteiger partial charge in [-0.05, 0) is 42.0 Å². The molecule has 8 heteroatoms. The Bertz CT molecular complexity index is 1190. The molecule has 0 aliphatic carbocycles. The minimum absolute atomic E-state index is 0.00249. The quantitative estimate of drug-likeness (QED) is 0.374. The molecule has 32 heavy (non-hydrogen) atoms. The smallest absolute Gasteiger partial charge is 0.435 e. The van der Waals surface area contributed by atoms with E-state index in [0.717, 1.165) is 11.1 Å². The van der Waals surface area contributed by atoms with Gasteiger partial charge in [-0.25, -0.2) is 4.39 Å². The van der Waals surface area contributed by atoms with Crippen LogP contribution in [0.3, 0.4) is 0 Å². The van der Waals surface area contributed by atoms with E-state index in [-0.39, 0.29) is 12.3 Å². The zero-order chi connectivity index (χ0) is 22.7. The Kier molecular flexibility index (Phi) is 5.77. The van der Waals surface area contributed by atoms with Gasteiger partial charge in [-0.1, -0.05) is 48.5 Å². The lowest BCUT2D eigenvalue weighted by atomic mass is 10.1. The Morgan fingerprint density at radius 2 is 1.56 bits per heavy atom. The highest BCUT2D eigenvalue weighted by molar-refractivity contribution is 6.34. The molecular weight excluding hydrogens is 424 g/mol. The van der Waals surface area contributed by atoms with E-state index < -0.39 is 29.2 Å². The zero-order valence-electron chi connectivity index (χ0n) is 16.5. The van der Waals surface area contributed by atoms with Gasteiger partial charge >= 0.3 is 6.18 Å². The molecule has 0 fully saturated rings. The lowest BCUT2D eigenvalue weighted by molar-refractivity contribution is -0.114. The van der Waals surface area contributed by atoms with E-state index in [1.165, 1.54) is 42.5 Å². The fourth-order valence-corrected chi connectivity index (χ4v) is 3.10. The summed E-state index contributed by atoms with van der Waals surface area (Å²) in [6.07, 6.45) is -3.66. The van der Waals surface area contributed by atoms with Crippen molar-refractivity contribution in [2.24, 2.45) is 5.10 Å². The number of benzene rings is 3.